The molecule has 0 radical (unpaired) electrons. The van der Waals surface area contributed by atoms with Crippen LogP contribution in [0.3, 0.4) is 0 Å². The Balaban J connectivity index is 1.74. The summed E-state index contributed by atoms with van der Waals surface area (Å²) in [7, 11) is 0. The molecule has 0 saturated carbocycles. The van der Waals surface area contributed by atoms with Crippen LogP contribution in [0.4, 0.5) is 5.69 Å². The normalized spacial score (nSPS) is 11.2. The smallest absolute Gasteiger partial charge is 0.262 e. The van der Waals surface area contributed by atoms with Crippen LogP contribution in [0, 0.1) is 0 Å². The van der Waals surface area contributed by atoms with Gasteiger partial charge in [0.2, 0.25) is 0 Å². The Labute approximate surface area is 172 Å². The zero-order valence-electron chi connectivity index (χ0n) is 13.9. The average Bonchev–Trinajstić information content (AvgIpc) is 2.69. The maximum atomic E-state index is 12.3. The van der Waals surface area contributed by atoms with Crippen molar-refractivity contribution >= 4 is 60.4 Å². The summed E-state index contributed by atoms with van der Waals surface area (Å²) >= 11 is 6.27. The van der Waals surface area contributed by atoms with Gasteiger partial charge in [0.25, 0.3) is 5.91 Å². The van der Waals surface area contributed by atoms with Crippen molar-refractivity contribution in [1.29, 1.82) is 0 Å². The van der Waals surface area contributed by atoms with E-state index >= 15 is 0 Å². The molecule has 3 aromatic carbocycles. The molecule has 1 amide bonds. The molecule has 0 unspecified atom stereocenters. The zero-order chi connectivity index (χ0) is 19.6. The monoisotopic (exact) mass is 491 g/mol. The second-order valence-electron chi connectivity index (χ2n) is 5.72. The number of fused-ring (bicyclic) bond motifs is 1. The number of aliphatic imine (C=N–C) groups is 1. The first-order valence-electron chi connectivity index (χ1n) is 7.84. The molecular formula is C19H15Br2N3O3. The van der Waals surface area contributed by atoms with Crippen LogP contribution >= 0.6 is 31.9 Å². The Bertz CT molecular complexity index is 1050. The number of hydrogen-bond donors (Lipinski definition) is 3. The highest BCUT2D eigenvalue weighted by Crippen LogP contribution is 2.40. The molecule has 0 saturated heterocycles. The molecule has 0 bridgehead atoms. The van der Waals surface area contributed by atoms with Gasteiger partial charge in [-0.15, -0.1) is 0 Å². The number of aromatic hydroxyl groups is 2. The van der Waals surface area contributed by atoms with E-state index in [9.17, 15) is 15.0 Å². The van der Waals surface area contributed by atoms with Crippen LogP contribution in [0.25, 0.3) is 10.8 Å². The molecule has 0 atom stereocenters. The van der Waals surface area contributed by atoms with E-state index in [2.05, 4.69) is 36.9 Å². The van der Waals surface area contributed by atoms with E-state index in [4.69, 9.17) is 5.84 Å². The molecule has 0 aliphatic heterocycles. The number of amides is 1. The Hall–Kier alpha value is -2.42. The lowest BCUT2D eigenvalue weighted by Crippen LogP contribution is -2.39. The molecule has 4 N–H and O–H groups in total. The van der Waals surface area contributed by atoms with Gasteiger partial charge in [0.1, 0.15) is 22.5 Å². The van der Waals surface area contributed by atoms with Gasteiger partial charge in [-0.25, -0.2) is 10.9 Å². The summed E-state index contributed by atoms with van der Waals surface area (Å²) in [5, 5.41) is 22.8. The number of carbonyl (C=O) groups excluding carboxylic acids is 1. The number of halogens is 2. The van der Waals surface area contributed by atoms with E-state index in [1.807, 2.05) is 36.4 Å². The number of carbonyl (C=O) groups is 1. The second-order valence-corrected chi connectivity index (χ2v) is 7.37. The van der Waals surface area contributed by atoms with Crippen molar-refractivity contribution in [3.05, 3.63) is 63.0 Å². The van der Waals surface area contributed by atoms with Crippen LogP contribution in [-0.2, 0) is 4.79 Å². The van der Waals surface area contributed by atoms with E-state index < -0.39 is 5.91 Å². The number of benzene rings is 3. The fraction of sp³-hybridized carbons (Fsp3) is 0.0526. The summed E-state index contributed by atoms with van der Waals surface area (Å²) in [4.78, 5) is 16.4. The molecule has 0 aliphatic rings. The number of anilines is 1. The molecule has 0 heterocycles. The molecule has 0 aromatic heterocycles. The van der Waals surface area contributed by atoms with Crippen molar-refractivity contribution in [3.8, 4) is 11.5 Å². The van der Waals surface area contributed by atoms with Gasteiger partial charge >= 0.3 is 0 Å². The Morgan fingerprint density at radius 2 is 1.78 bits per heavy atom. The maximum Gasteiger partial charge on any atom is 0.262 e. The van der Waals surface area contributed by atoms with Crippen LogP contribution in [0.1, 0.15) is 5.56 Å². The standard InChI is InChI=1S/C19H15Br2N3O3/c20-15-8-13(18(26)17(21)19(15)27)9-23-10-16(25)24(22)14-6-5-11-3-1-2-4-12(11)7-14/h1-9,26-27H,10,22H2. The highest BCUT2D eigenvalue weighted by Gasteiger charge is 2.14. The highest BCUT2D eigenvalue weighted by atomic mass is 79.9. The van der Waals surface area contributed by atoms with Gasteiger partial charge in [0, 0.05) is 11.8 Å². The summed E-state index contributed by atoms with van der Waals surface area (Å²) in [6.07, 6.45) is 1.34. The summed E-state index contributed by atoms with van der Waals surface area (Å²) in [6.45, 7) is -0.196. The van der Waals surface area contributed by atoms with E-state index in [1.165, 1.54) is 12.3 Å². The summed E-state index contributed by atoms with van der Waals surface area (Å²) in [5.74, 6) is 5.22. The summed E-state index contributed by atoms with van der Waals surface area (Å²) in [5.41, 5.74) is 0.903. The number of phenols is 2. The Morgan fingerprint density at radius 1 is 1.07 bits per heavy atom. The van der Waals surface area contributed by atoms with Crippen molar-refractivity contribution in [2.24, 2.45) is 10.8 Å². The third-order valence-corrected chi connectivity index (χ3v) is 5.29. The first-order chi connectivity index (χ1) is 12.9. The van der Waals surface area contributed by atoms with Crippen LogP contribution in [-0.4, -0.2) is 28.9 Å². The summed E-state index contributed by atoms with van der Waals surface area (Å²) < 4.78 is 0.526. The van der Waals surface area contributed by atoms with Gasteiger partial charge in [-0.1, -0.05) is 30.3 Å². The minimum atomic E-state index is -0.405. The molecule has 3 aromatic rings. The molecule has 0 spiro atoms. The minimum Gasteiger partial charge on any atom is -0.506 e. The van der Waals surface area contributed by atoms with E-state index in [0.29, 0.717) is 15.7 Å². The van der Waals surface area contributed by atoms with Gasteiger partial charge in [0.15, 0.2) is 0 Å². The van der Waals surface area contributed by atoms with Gasteiger partial charge < -0.3 is 10.2 Å². The molecule has 6 nitrogen and oxygen atoms in total. The molecule has 8 heteroatoms. The number of phenolic OH excluding ortho intramolecular Hbond substituents is 2. The lowest BCUT2D eigenvalue weighted by molar-refractivity contribution is -0.117. The third kappa shape index (κ3) is 4.13. The number of rotatable bonds is 4. The van der Waals surface area contributed by atoms with E-state index in [1.54, 1.807) is 6.07 Å². The summed E-state index contributed by atoms with van der Waals surface area (Å²) in [6, 6.07) is 14.8. The molecule has 0 fully saturated rings. The van der Waals surface area contributed by atoms with Crippen LogP contribution < -0.4 is 10.9 Å². The van der Waals surface area contributed by atoms with Crippen molar-refractivity contribution in [2.75, 3.05) is 11.6 Å². The predicted octanol–water partition coefficient (Wildman–Crippen LogP) is 4.10. The Kier molecular flexibility index (Phi) is 5.79. The van der Waals surface area contributed by atoms with Crippen LogP contribution in [0.5, 0.6) is 11.5 Å². The van der Waals surface area contributed by atoms with E-state index in [-0.39, 0.29) is 22.5 Å². The number of hydrazine groups is 1. The van der Waals surface area contributed by atoms with E-state index in [0.717, 1.165) is 15.8 Å². The minimum absolute atomic E-state index is 0.120. The van der Waals surface area contributed by atoms with Crippen molar-refractivity contribution in [3.63, 3.8) is 0 Å². The van der Waals surface area contributed by atoms with Crippen molar-refractivity contribution in [2.45, 2.75) is 0 Å². The predicted molar refractivity (Wildman–Crippen MR) is 113 cm³/mol. The van der Waals surface area contributed by atoms with Crippen molar-refractivity contribution < 1.29 is 15.0 Å². The number of hydrogen-bond acceptors (Lipinski definition) is 5. The zero-order valence-corrected chi connectivity index (χ0v) is 17.1. The SMILES string of the molecule is NN(C(=O)CN=Cc1cc(Br)c(O)c(Br)c1O)c1ccc2ccccc2c1. The van der Waals surface area contributed by atoms with Crippen LogP contribution in [0.2, 0.25) is 0 Å². The quantitative estimate of drug-likeness (QED) is 0.221. The topological polar surface area (TPSA) is 99.2 Å². The molecule has 3 rings (SSSR count). The second kappa shape index (κ2) is 8.08. The van der Waals surface area contributed by atoms with Gasteiger partial charge in [-0.2, -0.15) is 0 Å². The van der Waals surface area contributed by atoms with Crippen molar-refractivity contribution in [1.82, 2.24) is 0 Å². The largest absolute Gasteiger partial charge is 0.506 e. The molecular weight excluding hydrogens is 478 g/mol. The lowest BCUT2D eigenvalue weighted by atomic mass is 10.1. The highest BCUT2D eigenvalue weighted by molar-refractivity contribution is 9.11. The average molecular weight is 493 g/mol. The van der Waals surface area contributed by atoms with Gasteiger partial charge in [-0.05, 0) is 60.8 Å². The Morgan fingerprint density at radius 3 is 2.52 bits per heavy atom. The van der Waals surface area contributed by atoms with Crippen LogP contribution in [0.15, 0.2) is 62.5 Å². The fourth-order valence-electron chi connectivity index (χ4n) is 2.48. The lowest BCUT2D eigenvalue weighted by Gasteiger charge is -2.16. The number of nitrogens with two attached hydrogens (primary N) is 1. The van der Waals surface area contributed by atoms with Gasteiger partial charge in [-0.3, -0.25) is 9.79 Å². The first-order valence-corrected chi connectivity index (χ1v) is 9.43. The first kappa shape index (κ1) is 19.3. The molecule has 0 aliphatic carbocycles. The number of nitrogens with zero attached hydrogens (tertiary/aromatic N) is 2. The maximum absolute atomic E-state index is 12.3. The van der Waals surface area contributed by atoms with Gasteiger partial charge in [0.05, 0.1) is 10.2 Å². The molecule has 138 valence electrons. The third-order valence-electron chi connectivity index (χ3n) is 3.93. The molecule has 27 heavy (non-hydrogen) atoms. The fourth-order valence-corrected chi connectivity index (χ4v) is 3.64.